The topological polar surface area (TPSA) is 27.1 Å². The third-order valence-electron chi connectivity index (χ3n) is 3.30. The van der Waals surface area contributed by atoms with E-state index in [1.165, 1.54) is 0 Å². The Morgan fingerprint density at radius 2 is 2.25 bits per heavy atom. The van der Waals surface area contributed by atoms with Crippen molar-refractivity contribution in [3.8, 4) is 0 Å². The molecule has 3 nitrogen and oxygen atoms in total. The molecule has 0 N–H and O–H groups in total. The molecule has 1 aromatic carbocycles. The van der Waals surface area contributed by atoms with E-state index in [2.05, 4.69) is 16.5 Å². The highest BCUT2D eigenvalue weighted by atomic mass is 127. The fraction of sp³-hybridized carbons (Fsp3) is 0.500. The maximum atomic E-state index is 13.8. The number of imidazole rings is 1. The molecule has 0 radical (unpaired) electrons. The molecule has 0 fully saturated rings. The molecule has 20 heavy (non-hydrogen) atoms. The minimum atomic E-state index is -0.212. The van der Waals surface area contributed by atoms with E-state index in [9.17, 15) is 4.39 Å². The Labute approximate surface area is 136 Å². The first-order chi connectivity index (χ1) is 9.58. The van der Waals surface area contributed by atoms with Crippen LogP contribution in [0.1, 0.15) is 25.2 Å². The van der Waals surface area contributed by atoms with Crippen LogP contribution in [0.3, 0.4) is 0 Å². The largest absolute Gasteiger partial charge is 0.385 e. The van der Waals surface area contributed by atoms with Crippen molar-refractivity contribution in [3.05, 3.63) is 27.3 Å². The van der Waals surface area contributed by atoms with Gasteiger partial charge in [-0.3, -0.25) is 0 Å². The summed E-state index contributed by atoms with van der Waals surface area (Å²) in [5.41, 5.74) is 1.65. The second kappa shape index (κ2) is 7.04. The van der Waals surface area contributed by atoms with Crippen LogP contribution in [0.5, 0.6) is 0 Å². The van der Waals surface area contributed by atoms with Gasteiger partial charge in [0.05, 0.1) is 14.6 Å². The summed E-state index contributed by atoms with van der Waals surface area (Å²) in [6.45, 7) is 2.75. The van der Waals surface area contributed by atoms with Crippen LogP contribution in [0.2, 0.25) is 0 Å². The zero-order chi connectivity index (χ0) is 14.7. The molecule has 1 atom stereocenters. The number of aromatic nitrogens is 2. The van der Waals surface area contributed by atoms with Gasteiger partial charge in [-0.1, -0.05) is 0 Å². The average Bonchev–Trinajstić information content (AvgIpc) is 2.74. The molecule has 0 amide bonds. The summed E-state index contributed by atoms with van der Waals surface area (Å²) in [4.78, 5) is 4.60. The summed E-state index contributed by atoms with van der Waals surface area (Å²) < 4.78 is 21.6. The van der Waals surface area contributed by atoms with Gasteiger partial charge in [-0.05, 0) is 42.0 Å². The smallest absolute Gasteiger partial charge is 0.138 e. The number of halogens is 3. The standard InChI is InChI=1S/C14H17ClFIN2O/c1-9(4-6-20-2)19-13-7-10(16)11(17)8-12(13)18-14(19)3-5-15/h7-9H,3-6H2,1-2H3. The summed E-state index contributed by atoms with van der Waals surface area (Å²) in [6, 6.07) is 3.53. The van der Waals surface area contributed by atoms with Crippen LogP contribution in [0.25, 0.3) is 11.0 Å². The van der Waals surface area contributed by atoms with E-state index in [0.717, 1.165) is 23.3 Å². The first-order valence-corrected chi connectivity index (χ1v) is 8.10. The number of methoxy groups -OCH3 is 1. The lowest BCUT2D eigenvalue weighted by Crippen LogP contribution is -2.12. The first-order valence-electron chi connectivity index (χ1n) is 6.49. The number of alkyl halides is 1. The predicted octanol–water partition coefficient (Wildman–Crippen LogP) is 4.16. The monoisotopic (exact) mass is 410 g/mol. The lowest BCUT2D eigenvalue weighted by Gasteiger charge is -2.17. The molecule has 2 rings (SSSR count). The van der Waals surface area contributed by atoms with Crippen molar-refractivity contribution in [2.45, 2.75) is 25.8 Å². The normalized spacial score (nSPS) is 13.1. The van der Waals surface area contributed by atoms with Gasteiger partial charge in [0, 0.05) is 38.1 Å². The van der Waals surface area contributed by atoms with Crippen LogP contribution in [0.15, 0.2) is 12.1 Å². The highest BCUT2D eigenvalue weighted by molar-refractivity contribution is 14.1. The molecule has 0 bridgehead atoms. The lowest BCUT2D eigenvalue weighted by atomic mass is 10.2. The van der Waals surface area contributed by atoms with Gasteiger partial charge in [0.2, 0.25) is 0 Å². The molecule has 6 heteroatoms. The summed E-state index contributed by atoms with van der Waals surface area (Å²) >= 11 is 7.84. The Morgan fingerprint density at radius 3 is 2.90 bits per heavy atom. The number of rotatable bonds is 6. The molecular formula is C14H17ClFIN2O. The summed E-state index contributed by atoms with van der Waals surface area (Å²) in [7, 11) is 1.68. The third-order valence-corrected chi connectivity index (χ3v) is 4.32. The Hall–Kier alpha value is -0.400. The number of aryl methyl sites for hydroxylation is 1. The molecule has 0 saturated heterocycles. The Morgan fingerprint density at radius 1 is 1.50 bits per heavy atom. The first kappa shape index (κ1) is 16.0. The van der Waals surface area contributed by atoms with Crippen molar-refractivity contribution in [2.24, 2.45) is 0 Å². The lowest BCUT2D eigenvalue weighted by molar-refractivity contribution is 0.181. The van der Waals surface area contributed by atoms with E-state index in [0.29, 0.717) is 22.5 Å². The number of hydrogen-bond donors (Lipinski definition) is 0. The number of benzene rings is 1. The van der Waals surface area contributed by atoms with Gasteiger partial charge < -0.3 is 9.30 Å². The number of nitrogens with zero attached hydrogens (tertiary/aromatic N) is 2. The Balaban J connectivity index is 2.52. The molecule has 1 unspecified atom stereocenters. The van der Waals surface area contributed by atoms with Crippen molar-refractivity contribution < 1.29 is 9.13 Å². The molecule has 0 spiro atoms. The fourth-order valence-corrected chi connectivity index (χ4v) is 2.93. The fourth-order valence-electron chi connectivity index (χ4n) is 2.31. The van der Waals surface area contributed by atoms with Crippen molar-refractivity contribution >= 4 is 45.2 Å². The van der Waals surface area contributed by atoms with Crippen molar-refractivity contribution in [3.63, 3.8) is 0 Å². The van der Waals surface area contributed by atoms with Crippen LogP contribution >= 0.6 is 34.2 Å². The molecular weight excluding hydrogens is 394 g/mol. The second-order valence-electron chi connectivity index (χ2n) is 4.72. The Bertz CT molecular complexity index is 602. The molecule has 0 saturated carbocycles. The van der Waals surface area contributed by atoms with Crippen molar-refractivity contribution in [1.82, 2.24) is 9.55 Å². The van der Waals surface area contributed by atoms with Crippen LogP contribution in [-0.2, 0) is 11.2 Å². The summed E-state index contributed by atoms with van der Waals surface area (Å²) in [6.07, 6.45) is 1.52. The number of ether oxygens (including phenoxy) is 1. The van der Waals surface area contributed by atoms with E-state index in [1.54, 1.807) is 19.2 Å². The predicted molar refractivity (Wildman–Crippen MR) is 88.0 cm³/mol. The molecule has 0 aliphatic rings. The zero-order valence-corrected chi connectivity index (χ0v) is 14.4. The molecule has 1 heterocycles. The third kappa shape index (κ3) is 3.26. The molecule has 0 aliphatic heterocycles. The number of hydrogen-bond acceptors (Lipinski definition) is 2. The highest BCUT2D eigenvalue weighted by Gasteiger charge is 2.17. The van der Waals surface area contributed by atoms with Gasteiger partial charge >= 0.3 is 0 Å². The highest BCUT2D eigenvalue weighted by Crippen LogP contribution is 2.26. The molecule has 1 aromatic heterocycles. The van der Waals surface area contributed by atoms with Gasteiger partial charge in [0.15, 0.2) is 0 Å². The zero-order valence-electron chi connectivity index (χ0n) is 11.5. The molecule has 110 valence electrons. The quantitative estimate of drug-likeness (QED) is 0.528. The van der Waals surface area contributed by atoms with E-state index >= 15 is 0 Å². The van der Waals surface area contributed by atoms with Gasteiger partial charge in [-0.15, -0.1) is 11.6 Å². The van der Waals surface area contributed by atoms with Crippen LogP contribution < -0.4 is 0 Å². The molecule has 0 aliphatic carbocycles. The summed E-state index contributed by atoms with van der Waals surface area (Å²) in [5, 5.41) is 0. The average molecular weight is 411 g/mol. The van der Waals surface area contributed by atoms with Crippen LogP contribution in [-0.4, -0.2) is 29.1 Å². The SMILES string of the molecule is COCCC(C)n1c(CCCl)nc2cc(I)c(F)cc21. The van der Waals surface area contributed by atoms with Gasteiger partial charge in [0.25, 0.3) is 0 Å². The van der Waals surface area contributed by atoms with Gasteiger partial charge in [0.1, 0.15) is 11.6 Å². The number of fused-ring (bicyclic) bond motifs is 1. The summed E-state index contributed by atoms with van der Waals surface area (Å²) in [5.74, 6) is 1.19. The van der Waals surface area contributed by atoms with E-state index in [1.807, 2.05) is 22.6 Å². The van der Waals surface area contributed by atoms with E-state index in [-0.39, 0.29) is 11.9 Å². The van der Waals surface area contributed by atoms with Crippen molar-refractivity contribution in [2.75, 3.05) is 19.6 Å². The van der Waals surface area contributed by atoms with E-state index < -0.39 is 0 Å². The van der Waals surface area contributed by atoms with Crippen LogP contribution in [0, 0.1) is 9.39 Å². The maximum Gasteiger partial charge on any atom is 0.138 e. The Kier molecular flexibility index (Phi) is 5.63. The van der Waals surface area contributed by atoms with Gasteiger partial charge in [-0.25, -0.2) is 9.37 Å². The maximum absolute atomic E-state index is 13.8. The molecule has 2 aromatic rings. The van der Waals surface area contributed by atoms with Crippen molar-refractivity contribution in [1.29, 1.82) is 0 Å². The van der Waals surface area contributed by atoms with Gasteiger partial charge in [-0.2, -0.15) is 0 Å². The minimum absolute atomic E-state index is 0.192. The minimum Gasteiger partial charge on any atom is -0.385 e. The second-order valence-corrected chi connectivity index (χ2v) is 6.26. The van der Waals surface area contributed by atoms with Crippen LogP contribution in [0.4, 0.5) is 4.39 Å². The van der Waals surface area contributed by atoms with E-state index in [4.69, 9.17) is 16.3 Å².